The molecule has 1 fully saturated rings. The lowest BCUT2D eigenvalue weighted by Crippen LogP contribution is -2.26. The van der Waals surface area contributed by atoms with Crippen molar-refractivity contribution in [1.29, 1.82) is 5.26 Å². The monoisotopic (exact) mass is 260 g/mol. The van der Waals surface area contributed by atoms with Crippen LogP contribution in [0.15, 0.2) is 24.3 Å². The van der Waals surface area contributed by atoms with E-state index in [1.807, 2.05) is 12.1 Å². The molecular formula is C15H20N2O2. The Morgan fingerprint density at radius 3 is 3.16 bits per heavy atom. The lowest BCUT2D eigenvalue weighted by atomic mass is 10.1. The summed E-state index contributed by atoms with van der Waals surface area (Å²) < 4.78 is 5.66. The summed E-state index contributed by atoms with van der Waals surface area (Å²) in [5, 5.41) is 17.7. The van der Waals surface area contributed by atoms with Crippen molar-refractivity contribution in [1.82, 2.24) is 4.90 Å². The lowest BCUT2D eigenvalue weighted by molar-refractivity contribution is 0.222. The normalized spacial score (nSPS) is 19.3. The minimum Gasteiger partial charge on any atom is -0.492 e. The molecule has 2 rings (SSSR count). The van der Waals surface area contributed by atoms with E-state index < -0.39 is 0 Å². The molecule has 1 aliphatic heterocycles. The van der Waals surface area contributed by atoms with E-state index in [2.05, 4.69) is 11.0 Å². The predicted octanol–water partition coefficient (Wildman–Crippen LogP) is 1.64. The van der Waals surface area contributed by atoms with Gasteiger partial charge in [-0.2, -0.15) is 5.26 Å². The summed E-state index contributed by atoms with van der Waals surface area (Å²) >= 11 is 0. The Labute approximate surface area is 114 Å². The Bertz CT molecular complexity index is 442. The molecule has 1 aromatic rings. The molecule has 1 N–H and O–H groups in total. The zero-order valence-corrected chi connectivity index (χ0v) is 11.1. The van der Waals surface area contributed by atoms with Gasteiger partial charge in [-0.1, -0.05) is 6.07 Å². The van der Waals surface area contributed by atoms with Gasteiger partial charge < -0.3 is 9.84 Å². The van der Waals surface area contributed by atoms with E-state index in [1.165, 1.54) is 6.42 Å². The number of hydrogen-bond acceptors (Lipinski definition) is 4. The van der Waals surface area contributed by atoms with Crippen LogP contribution in [0.1, 0.15) is 18.4 Å². The maximum absolute atomic E-state index is 8.92. The van der Waals surface area contributed by atoms with Gasteiger partial charge in [0.05, 0.1) is 11.6 Å². The van der Waals surface area contributed by atoms with Gasteiger partial charge in [-0.25, -0.2) is 0 Å². The summed E-state index contributed by atoms with van der Waals surface area (Å²) in [6, 6.07) is 9.35. The first-order valence-corrected chi connectivity index (χ1v) is 6.78. The molecular weight excluding hydrogens is 240 g/mol. The number of aliphatic hydroxyl groups excluding tert-OH is 1. The molecule has 19 heavy (non-hydrogen) atoms. The van der Waals surface area contributed by atoms with E-state index in [0.29, 0.717) is 18.1 Å². The van der Waals surface area contributed by atoms with Gasteiger partial charge in [0.2, 0.25) is 0 Å². The number of ether oxygens (including phenoxy) is 1. The number of benzene rings is 1. The molecule has 102 valence electrons. The van der Waals surface area contributed by atoms with Gasteiger partial charge in [0.25, 0.3) is 0 Å². The van der Waals surface area contributed by atoms with Gasteiger partial charge >= 0.3 is 0 Å². The van der Waals surface area contributed by atoms with Gasteiger partial charge in [-0.15, -0.1) is 0 Å². The third kappa shape index (κ3) is 4.23. The Hall–Kier alpha value is -1.57. The first kappa shape index (κ1) is 13.9. The molecule has 1 unspecified atom stereocenters. The summed E-state index contributed by atoms with van der Waals surface area (Å²) in [6.45, 7) is 3.98. The third-order valence-electron chi connectivity index (χ3n) is 3.55. The molecule has 0 aromatic heterocycles. The molecule has 1 aromatic carbocycles. The molecule has 4 nitrogen and oxygen atoms in total. The van der Waals surface area contributed by atoms with Crippen LogP contribution in [0, 0.1) is 17.2 Å². The second kappa shape index (κ2) is 7.13. The molecule has 1 aliphatic rings. The maximum Gasteiger partial charge on any atom is 0.120 e. The van der Waals surface area contributed by atoms with Crippen molar-refractivity contribution in [3.8, 4) is 11.8 Å². The van der Waals surface area contributed by atoms with Crippen molar-refractivity contribution < 1.29 is 9.84 Å². The molecule has 1 heterocycles. The smallest absolute Gasteiger partial charge is 0.120 e. The van der Waals surface area contributed by atoms with Crippen LogP contribution in [0.4, 0.5) is 0 Å². The first-order valence-electron chi connectivity index (χ1n) is 6.78. The van der Waals surface area contributed by atoms with Crippen LogP contribution in [0.25, 0.3) is 0 Å². The van der Waals surface area contributed by atoms with Crippen molar-refractivity contribution in [2.45, 2.75) is 12.8 Å². The van der Waals surface area contributed by atoms with Crippen molar-refractivity contribution in [3.05, 3.63) is 29.8 Å². The molecule has 1 saturated heterocycles. The van der Waals surface area contributed by atoms with Gasteiger partial charge in [-0.05, 0) is 43.5 Å². The highest BCUT2D eigenvalue weighted by atomic mass is 16.5. The van der Waals surface area contributed by atoms with Crippen LogP contribution in [-0.2, 0) is 0 Å². The minimum absolute atomic E-state index is 0.288. The predicted molar refractivity (Wildman–Crippen MR) is 72.9 cm³/mol. The van der Waals surface area contributed by atoms with Crippen molar-refractivity contribution in [2.75, 3.05) is 32.8 Å². The molecule has 0 amide bonds. The first-order chi connectivity index (χ1) is 9.31. The lowest BCUT2D eigenvalue weighted by Gasteiger charge is -2.16. The average molecular weight is 260 g/mol. The zero-order chi connectivity index (χ0) is 13.5. The summed E-state index contributed by atoms with van der Waals surface area (Å²) in [7, 11) is 0. The Morgan fingerprint density at radius 1 is 1.47 bits per heavy atom. The largest absolute Gasteiger partial charge is 0.492 e. The molecule has 0 saturated carbocycles. The standard InChI is InChI=1S/C15H20N2O2/c16-11-14-2-1-3-15(10-14)19-9-7-17-6-4-13(12-17)5-8-18/h1-3,10,13,18H,4-9,12H2. The topological polar surface area (TPSA) is 56.5 Å². The summed E-state index contributed by atoms with van der Waals surface area (Å²) in [6.07, 6.45) is 2.08. The van der Waals surface area contributed by atoms with E-state index >= 15 is 0 Å². The van der Waals surface area contributed by atoms with Crippen LogP contribution in [0.2, 0.25) is 0 Å². The van der Waals surface area contributed by atoms with E-state index in [9.17, 15) is 0 Å². The second-order valence-corrected chi connectivity index (χ2v) is 4.96. The number of hydrogen-bond donors (Lipinski definition) is 1. The van der Waals surface area contributed by atoms with E-state index in [0.717, 1.165) is 31.8 Å². The SMILES string of the molecule is N#Cc1cccc(OCCN2CCC(CCO)C2)c1. The number of aliphatic hydroxyl groups is 1. The minimum atomic E-state index is 0.288. The van der Waals surface area contributed by atoms with Crippen LogP contribution in [0.3, 0.4) is 0 Å². The van der Waals surface area contributed by atoms with Crippen LogP contribution in [-0.4, -0.2) is 42.9 Å². The van der Waals surface area contributed by atoms with Gasteiger partial charge in [0.1, 0.15) is 12.4 Å². The maximum atomic E-state index is 8.92. The average Bonchev–Trinajstić information content (AvgIpc) is 2.87. The third-order valence-corrected chi connectivity index (χ3v) is 3.55. The fourth-order valence-electron chi connectivity index (χ4n) is 2.48. The molecule has 1 atom stereocenters. The second-order valence-electron chi connectivity index (χ2n) is 4.96. The van der Waals surface area contributed by atoms with Gasteiger partial charge in [0, 0.05) is 19.7 Å². The molecule has 0 radical (unpaired) electrons. The zero-order valence-electron chi connectivity index (χ0n) is 11.1. The summed E-state index contributed by atoms with van der Waals surface area (Å²) in [5.74, 6) is 1.39. The van der Waals surface area contributed by atoms with Crippen molar-refractivity contribution in [2.24, 2.45) is 5.92 Å². The van der Waals surface area contributed by atoms with E-state index in [1.54, 1.807) is 12.1 Å². The number of nitriles is 1. The summed E-state index contributed by atoms with van der Waals surface area (Å²) in [5.41, 5.74) is 0.627. The van der Waals surface area contributed by atoms with E-state index in [4.69, 9.17) is 15.1 Å². The molecule has 0 spiro atoms. The number of rotatable bonds is 6. The molecule has 0 aliphatic carbocycles. The van der Waals surface area contributed by atoms with Crippen LogP contribution < -0.4 is 4.74 Å². The van der Waals surface area contributed by atoms with Crippen LogP contribution in [0.5, 0.6) is 5.75 Å². The Kier molecular flexibility index (Phi) is 5.20. The highest BCUT2D eigenvalue weighted by molar-refractivity contribution is 5.36. The summed E-state index contributed by atoms with van der Waals surface area (Å²) in [4.78, 5) is 2.37. The Morgan fingerprint density at radius 2 is 2.37 bits per heavy atom. The fraction of sp³-hybridized carbons (Fsp3) is 0.533. The van der Waals surface area contributed by atoms with Gasteiger partial charge in [0.15, 0.2) is 0 Å². The highest BCUT2D eigenvalue weighted by Gasteiger charge is 2.21. The van der Waals surface area contributed by atoms with Crippen LogP contribution >= 0.6 is 0 Å². The molecule has 4 heteroatoms. The fourth-order valence-corrected chi connectivity index (χ4v) is 2.48. The van der Waals surface area contributed by atoms with Gasteiger partial charge in [-0.3, -0.25) is 4.90 Å². The quantitative estimate of drug-likeness (QED) is 0.845. The Balaban J connectivity index is 1.71. The highest BCUT2D eigenvalue weighted by Crippen LogP contribution is 2.19. The van der Waals surface area contributed by atoms with E-state index in [-0.39, 0.29) is 6.61 Å². The van der Waals surface area contributed by atoms with Crippen molar-refractivity contribution >= 4 is 0 Å². The molecule has 0 bridgehead atoms. The van der Waals surface area contributed by atoms with Crippen molar-refractivity contribution in [3.63, 3.8) is 0 Å². The number of nitrogens with zero attached hydrogens (tertiary/aromatic N) is 2. The number of likely N-dealkylation sites (tertiary alicyclic amines) is 1.